The van der Waals surface area contributed by atoms with Crippen molar-refractivity contribution in [2.45, 2.75) is 40.2 Å². The van der Waals surface area contributed by atoms with Gasteiger partial charge in [0.05, 0.1) is 5.69 Å². The van der Waals surface area contributed by atoms with Crippen LogP contribution >= 0.6 is 0 Å². The highest BCUT2D eigenvalue weighted by atomic mass is 16.2. The number of rotatable bonds is 5. The van der Waals surface area contributed by atoms with Crippen LogP contribution in [-0.4, -0.2) is 35.9 Å². The van der Waals surface area contributed by atoms with Gasteiger partial charge in [0.2, 0.25) is 5.96 Å². The standard InChI is InChI=1S/C22H27N3O/c1-5-24(6-2)22-23-19(15-18-10-8-7-9-11-18)21(26)25(22)20-13-12-16(3)14-17(20)4/h7-14,19H,5-6,15H2,1-4H3. The Morgan fingerprint density at radius 2 is 1.73 bits per heavy atom. The number of aryl methyl sites for hydroxylation is 2. The minimum atomic E-state index is -0.367. The van der Waals surface area contributed by atoms with E-state index in [4.69, 9.17) is 4.99 Å². The van der Waals surface area contributed by atoms with Gasteiger partial charge in [-0.3, -0.25) is 4.79 Å². The number of nitrogens with zero attached hydrogens (tertiary/aromatic N) is 3. The molecule has 4 heteroatoms. The Kier molecular flexibility index (Phi) is 5.40. The molecule has 1 aliphatic rings. The minimum absolute atomic E-state index is 0.0581. The molecule has 2 aromatic carbocycles. The largest absolute Gasteiger partial charge is 0.343 e. The van der Waals surface area contributed by atoms with Gasteiger partial charge in [-0.2, -0.15) is 0 Å². The van der Waals surface area contributed by atoms with Crippen molar-refractivity contribution in [3.63, 3.8) is 0 Å². The third-order valence-electron chi connectivity index (χ3n) is 4.89. The monoisotopic (exact) mass is 349 g/mol. The van der Waals surface area contributed by atoms with Crippen molar-refractivity contribution in [2.24, 2.45) is 4.99 Å². The van der Waals surface area contributed by atoms with E-state index < -0.39 is 0 Å². The van der Waals surface area contributed by atoms with E-state index in [1.54, 1.807) is 0 Å². The lowest BCUT2D eigenvalue weighted by atomic mass is 10.1. The molecule has 0 N–H and O–H groups in total. The van der Waals surface area contributed by atoms with E-state index in [0.29, 0.717) is 6.42 Å². The van der Waals surface area contributed by atoms with Crippen LogP contribution < -0.4 is 4.90 Å². The highest BCUT2D eigenvalue weighted by Gasteiger charge is 2.38. The second-order valence-electron chi connectivity index (χ2n) is 6.77. The molecular weight excluding hydrogens is 322 g/mol. The van der Waals surface area contributed by atoms with E-state index in [0.717, 1.165) is 35.9 Å². The summed E-state index contributed by atoms with van der Waals surface area (Å²) in [5.41, 5.74) is 4.36. The maximum atomic E-state index is 13.3. The highest BCUT2D eigenvalue weighted by molar-refractivity contribution is 6.22. The zero-order chi connectivity index (χ0) is 18.7. The lowest BCUT2D eigenvalue weighted by molar-refractivity contribution is -0.118. The van der Waals surface area contributed by atoms with Gasteiger partial charge >= 0.3 is 0 Å². The Bertz CT molecular complexity index is 809. The number of hydrogen-bond acceptors (Lipinski definition) is 3. The van der Waals surface area contributed by atoms with Gasteiger partial charge in [-0.15, -0.1) is 0 Å². The Labute approximate surface area is 156 Å². The Morgan fingerprint density at radius 1 is 1.04 bits per heavy atom. The van der Waals surface area contributed by atoms with Gasteiger partial charge in [0.1, 0.15) is 6.04 Å². The van der Waals surface area contributed by atoms with E-state index in [-0.39, 0.29) is 11.9 Å². The first-order valence-corrected chi connectivity index (χ1v) is 9.33. The van der Waals surface area contributed by atoms with Crippen molar-refractivity contribution in [2.75, 3.05) is 18.0 Å². The van der Waals surface area contributed by atoms with Crippen molar-refractivity contribution in [1.82, 2.24) is 4.90 Å². The summed E-state index contributed by atoms with van der Waals surface area (Å²) < 4.78 is 0. The van der Waals surface area contributed by atoms with Crippen molar-refractivity contribution >= 4 is 17.6 Å². The molecule has 0 radical (unpaired) electrons. The SMILES string of the molecule is CCN(CC)C1=NC(Cc2ccccc2)C(=O)N1c1ccc(C)cc1C. The average molecular weight is 349 g/mol. The molecule has 1 aliphatic heterocycles. The lowest BCUT2D eigenvalue weighted by Gasteiger charge is -2.29. The van der Waals surface area contributed by atoms with E-state index in [2.05, 4.69) is 56.9 Å². The van der Waals surface area contributed by atoms with Crippen molar-refractivity contribution in [3.05, 3.63) is 65.2 Å². The lowest BCUT2D eigenvalue weighted by Crippen LogP contribution is -2.45. The fourth-order valence-electron chi connectivity index (χ4n) is 3.48. The summed E-state index contributed by atoms with van der Waals surface area (Å²) in [6.45, 7) is 9.97. The predicted molar refractivity (Wildman–Crippen MR) is 108 cm³/mol. The molecule has 2 aromatic rings. The van der Waals surface area contributed by atoms with E-state index in [9.17, 15) is 4.79 Å². The molecule has 1 heterocycles. The predicted octanol–water partition coefficient (Wildman–Crippen LogP) is 3.96. The Morgan fingerprint density at radius 3 is 2.35 bits per heavy atom. The fourth-order valence-corrected chi connectivity index (χ4v) is 3.48. The van der Waals surface area contributed by atoms with Crippen LogP contribution in [-0.2, 0) is 11.2 Å². The topological polar surface area (TPSA) is 35.9 Å². The number of carbonyl (C=O) groups excluding carboxylic acids is 1. The summed E-state index contributed by atoms with van der Waals surface area (Å²) in [6.07, 6.45) is 0.631. The van der Waals surface area contributed by atoms with E-state index in [1.807, 2.05) is 29.2 Å². The molecule has 0 aromatic heterocycles. The quantitative estimate of drug-likeness (QED) is 0.819. The maximum absolute atomic E-state index is 13.3. The molecule has 1 atom stereocenters. The van der Waals surface area contributed by atoms with Gasteiger partial charge in [-0.1, -0.05) is 48.0 Å². The summed E-state index contributed by atoms with van der Waals surface area (Å²) in [5, 5.41) is 0. The fraction of sp³-hybridized carbons (Fsp3) is 0.364. The second kappa shape index (κ2) is 7.73. The van der Waals surface area contributed by atoms with Crippen molar-refractivity contribution in [1.29, 1.82) is 0 Å². The van der Waals surface area contributed by atoms with Gasteiger partial charge in [-0.05, 0) is 44.9 Å². The molecule has 0 aliphatic carbocycles. The van der Waals surface area contributed by atoms with Crippen LogP contribution in [0.25, 0.3) is 0 Å². The number of guanidine groups is 1. The summed E-state index contributed by atoms with van der Waals surface area (Å²) in [7, 11) is 0. The summed E-state index contributed by atoms with van der Waals surface area (Å²) >= 11 is 0. The van der Waals surface area contributed by atoms with Gasteiger partial charge in [-0.25, -0.2) is 9.89 Å². The molecule has 26 heavy (non-hydrogen) atoms. The number of aliphatic imine (C=N–C) groups is 1. The summed E-state index contributed by atoms with van der Waals surface area (Å²) in [5.74, 6) is 0.829. The van der Waals surface area contributed by atoms with Crippen LogP contribution in [0.15, 0.2) is 53.5 Å². The molecule has 136 valence electrons. The third kappa shape index (κ3) is 3.50. The maximum Gasteiger partial charge on any atom is 0.259 e. The number of hydrogen-bond donors (Lipinski definition) is 0. The van der Waals surface area contributed by atoms with Crippen LogP contribution in [0.3, 0.4) is 0 Å². The van der Waals surface area contributed by atoms with Crippen molar-refractivity contribution < 1.29 is 4.79 Å². The minimum Gasteiger partial charge on any atom is -0.343 e. The normalized spacial score (nSPS) is 16.8. The molecule has 0 spiro atoms. The first-order valence-electron chi connectivity index (χ1n) is 9.33. The van der Waals surface area contributed by atoms with Gasteiger partial charge in [0.15, 0.2) is 0 Å². The Hall–Kier alpha value is -2.62. The first kappa shape index (κ1) is 18.2. The molecule has 0 fully saturated rings. The molecule has 3 rings (SSSR count). The van der Waals surface area contributed by atoms with E-state index in [1.165, 1.54) is 5.56 Å². The van der Waals surface area contributed by atoms with E-state index >= 15 is 0 Å². The van der Waals surface area contributed by atoms with Gasteiger partial charge < -0.3 is 4.90 Å². The summed E-state index contributed by atoms with van der Waals surface area (Å²) in [4.78, 5) is 22.1. The molecular formula is C22H27N3O. The molecule has 0 saturated carbocycles. The first-order chi connectivity index (χ1) is 12.5. The Balaban J connectivity index is 1.99. The summed E-state index contributed by atoms with van der Waals surface area (Å²) in [6, 6.07) is 16.0. The van der Waals surface area contributed by atoms with Crippen LogP contribution in [0.4, 0.5) is 5.69 Å². The number of amides is 1. The molecule has 0 bridgehead atoms. The second-order valence-corrected chi connectivity index (χ2v) is 6.77. The molecule has 1 amide bonds. The number of benzene rings is 2. The third-order valence-corrected chi connectivity index (χ3v) is 4.89. The number of anilines is 1. The highest BCUT2D eigenvalue weighted by Crippen LogP contribution is 2.28. The van der Waals surface area contributed by atoms with Crippen molar-refractivity contribution in [3.8, 4) is 0 Å². The number of carbonyl (C=O) groups is 1. The zero-order valence-corrected chi connectivity index (χ0v) is 16.1. The zero-order valence-electron chi connectivity index (χ0n) is 16.1. The average Bonchev–Trinajstić information content (AvgIpc) is 2.94. The van der Waals surface area contributed by atoms with Crippen LogP contribution in [0.5, 0.6) is 0 Å². The smallest absolute Gasteiger partial charge is 0.259 e. The van der Waals surface area contributed by atoms with Gasteiger partial charge in [0.25, 0.3) is 5.91 Å². The van der Waals surface area contributed by atoms with Gasteiger partial charge in [0, 0.05) is 19.5 Å². The van der Waals surface area contributed by atoms with Crippen LogP contribution in [0.2, 0.25) is 0 Å². The molecule has 4 nitrogen and oxygen atoms in total. The molecule has 1 unspecified atom stereocenters. The van der Waals surface area contributed by atoms with Crippen LogP contribution in [0, 0.1) is 13.8 Å². The van der Waals surface area contributed by atoms with Crippen LogP contribution in [0.1, 0.15) is 30.5 Å². The molecule has 0 saturated heterocycles.